The maximum absolute atomic E-state index is 6.99. The number of fused-ring (bicyclic) bond motifs is 8. The smallest absolute Gasteiger partial charge is 0.180 e. The van der Waals surface area contributed by atoms with Crippen molar-refractivity contribution in [2.45, 2.75) is 78.6 Å². The van der Waals surface area contributed by atoms with Gasteiger partial charge in [0.1, 0.15) is 5.82 Å². The van der Waals surface area contributed by atoms with Crippen LogP contribution in [0.5, 0.6) is 11.5 Å². The van der Waals surface area contributed by atoms with E-state index in [4.69, 9.17) is 9.72 Å². The molecule has 4 heterocycles. The van der Waals surface area contributed by atoms with Crippen LogP contribution < -0.4 is 35.3 Å². The number of pyridine rings is 1. The van der Waals surface area contributed by atoms with E-state index in [1.807, 2.05) is 12.3 Å². The molecule has 2 aliphatic heterocycles. The number of ether oxygens (including phenoxy) is 1. The van der Waals surface area contributed by atoms with Gasteiger partial charge in [-0.05, 0) is 112 Å². The Kier molecular flexibility index (Phi) is 13.9. The molecule has 5 nitrogen and oxygen atoms in total. The maximum Gasteiger partial charge on any atom is 0.180 e. The molecule has 422 valence electrons. The molecule has 12 aromatic rings. The molecular weight excluding hydrogens is 1230 g/mol. The molecule has 0 saturated carbocycles. The number of para-hydroxylation sites is 3. The number of hydrogen-bond donors (Lipinski definition) is 0. The van der Waals surface area contributed by atoms with Crippen LogP contribution in [0.2, 0.25) is 0 Å². The Bertz CT molecular complexity index is 4440. The van der Waals surface area contributed by atoms with E-state index >= 15 is 0 Å². The summed E-state index contributed by atoms with van der Waals surface area (Å²) in [4.78, 5) is 9.75. The van der Waals surface area contributed by atoms with Gasteiger partial charge in [-0.2, -0.15) is 12.1 Å². The fraction of sp³-hybridized carbons (Fsp3) is 0.154. The molecule has 14 rings (SSSR count). The first-order valence-electron chi connectivity index (χ1n) is 29.3. The van der Waals surface area contributed by atoms with Gasteiger partial charge in [0.05, 0.1) is 0 Å². The molecule has 2 aliphatic rings. The summed E-state index contributed by atoms with van der Waals surface area (Å²) in [5.74, 6) is 2.01. The van der Waals surface area contributed by atoms with E-state index in [1.54, 1.807) is 0 Å². The van der Waals surface area contributed by atoms with Gasteiger partial charge in [-0.15, -0.1) is 48.1 Å². The molecule has 10 aromatic carbocycles. The molecule has 0 aliphatic carbocycles. The van der Waals surface area contributed by atoms with Crippen LogP contribution in [0.15, 0.2) is 237 Å². The van der Waals surface area contributed by atoms with E-state index in [-0.39, 0.29) is 37.3 Å². The van der Waals surface area contributed by atoms with Crippen molar-refractivity contribution in [1.82, 2.24) is 9.55 Å². The van der Waals surface area contributed by atoms with Crippen molar-refractivity contribution in [3.8, 4) is 50.7 Å². The van der Waals surface area contributed by atoms with Crippen molar-refractivity contribution in [2.24, 2.45) is 0 Å². The van der Waals surface area contributed by atoms with Crippen LogP contribution in [0.1, 0.15) is 79.0 Å². The molecule has 0 unspecified atom stereocenters. The van der Waals surface area contributed by atoms with Crippen LogP contribution in [0, 0.1) is 18.8 Å². The molecule has 0 spiro atoms. The summed E-state index contributed by atoms with van der Waals surface area (Å²) in [6.45, 7) is 22.9. The van der Waals surface area contributed by atoms with E-state index < -0.39 is 8.07 Å². The van der Waals surface area contributed by atoms with Gasteiger partial charge in [0, 0.05) is 72.5 Å². The van der Waals surface area contributed by atoms with E-state index in [2.05, 4.69) is 320 Å². The van der Waals surface area contributed by atoms with Gasteiger partial charge in [-0.1, -0.05) is 238 Å². The van der Waals surface area contributed by atoms with Gasteiger partial charge in [-0.3, -0.25) is 0 Å². The monoisotopic (exact) mass is 1300 g/mol. The number of rotatable bonds is 9. The van der Waals surface area contributed by atoms with Crippen LogP contribution in [-0.4, -0.2) is 17.6 Å². The zero-order valence-corrected chi connectivity index (χ0v) is 52.9. The Hall–Kier alpha value is -8.54. The van der Waals surface area contributed by atoms with E-state index in [9.17, 15) is 0 Å². The average Bonchev–Trinajstić information content (AvgIpc) is 3.18. The average molecular weight is 1300 g/mol. The zero-order valence-electron chi connectivity index (χ0n) is 49.6. The summed E-state index contributed by atoms with van der Waals surface area (Å²) in [6, 6.07) is 92.2. The van der Waals surface area contributed by atoms with Gasteiger partial charge in [-0.25, -0.2) is 4.98 Å². The molecule has 0 saturated heterocycles. The first kappa shape index (κ1) is 55.6. The summed E-state index contributed by atoms with van der Waals surface area (Å²) in [6.07, 6.45) is 1.95. The summed E-state index contributed by atoms with van der Waals surface area (Å²) in [5, 5.41) is 7.81. The quantitative estimate of drug-likeness (QED) is 0.107. The molecule has 0 radical (unpaired) electrons. The largest absolute Gasteiger partial charge is 0.509 e. The number of anilines is 4. The Morgan fingerprint density at radius 3 is 1.68 bits per heavy atom. The van der Waals surface area contributed by atoms with Gasteiger partial charge in [0.2, 0.25) is 0 Å². The van der Waals surface area contributed by atoms with Crippen LogP contribution in [0.4, 0.5) is 22.7 Å². The van der Waals surface area contributed by atoms with E-state index in [0.29, 0.717) is 11.5 Å². The zero-order chi connectivity index (χ0) is 57.7. The van der Waals surface area contributed by atoms with E-state index in [1.165, 1.54) is 59.5 Å². The second-order valence-electron chi connectivity index (χ2n) is 25.7. The van der Waals surface area contributed by atoms with Crippen molar-refractivity contribution in [3.05, 3.63) is 272 Å². The van der Waals surface area contributed by atoms with Gasteiger partial charge in [0.25, 0.3) is 0 Å². The summed E-state index contributed by atoms with van der Waals surface area (Å²) >= 11 is 0. The first-order valence-corrected chi connectivity index (χ1v) is 31.3. The van der Waals surface area contributed by atoms with Gasteiger partial charge < -0.3 is 19.1 Å². The van der Waals surface area contributed by atoms with Crippen LogP contribution in [0.3, 0.4) is 0 Å². The fourth-order valence-corrected chi connectivity index (χ4v) is 18.2. The molecule has 0 N–H and O–H groups in total. The second-order valence-corrected chi connectivity index (χ2v) is 29.4. The molecule has 0 amide bonds. The van der Waals surface area contributed by atoms with E-state index in [0.717, 1.165) is 61.7 Å². The van der Waals surface area contributed by atoms with Gasteiger partial charge in [0.15, 0.2) is 8.07 Å². The number of nitrogens with zero attached hydrogens (tertiary/aromatic N) is 4. The predicted octanol–water partition coefficient (Wildman–Crippen LogP) is 17.6. The first-order chi connectivity index (χ1) is 40.6. The number of benzene rings is 10. The Labute approximate surface area is 516 Å². The van der Waals surface area contributed by atoms with Crippen molar-refractivity contribution < 1.29 is 25.8 Å². The van der Waals surface area contributed by atoms with Gasteiger partial charge >= 0.3 is 0 Å². The summed E-state index contributed by atoms with van der Waals surface area (Å²) in [5.41, 5.74) is 16.9. The molecule has 0 fully saturated rings. The molecule has 85 heavy (non-hydrogen) atoms. The minimum absolute atomic E-state index is 0. The minimum Gasteiger partial charge on any atom is -0.509 e. The molecule has 2 aromatic heterocycles. The van der Waals surface area contributed by atoms with Crippen molar-refractivity contribution in [1.29, 1.82) is 0 Å². The van der Waals surface area contributed by atoms with Crippen molar-refractivity contribution >= 4 is 73.4 Å². The molecular formula is C78H67N4OPtSi-3. The molecule has 0 atom stereocenters. The predicted molar refractivity (Wildman–Crippen MR) is 354 cm³/mol. The Morgan fingerprint density at radius 2 is 1.02 bits per heavy atom. The Morgan fingerprint density at radius 1 is 0.459 bits per heavy atom. The SMILES string of the molecule is CC(C)(C)c1cc(-c2cccc(-c3ccccc3)c2N2[CH-]N(c3[c-]c(Oc4[c-]c5c(cc4)c4c6c(ccc4n5-c4cc(C(C)(C)C)ccn4)[Si](c4ccccc4)(c4ccccc4)c4ccccc4-6)ccc3)c3ccccc32)cc(C(C)(C)C)c1.[Pt]. The van der Waals surface area contributed by atoms with Crippen LogP contribution >= 0.6 is 0 Å². The summed E-state index contributed by atoms with van der Waals surface area (Å²) in [7, 11) is -2.79. The molecule has 7 heteroatoms. The number of aromatic nitrogens is 2. The van der Waals surface area contributed by atoms with Crippen molar-refractivity contribution in [3.63, 3.8) is 0 Å². The third kappa shape index (κ3) is 9.46. The second kappa shape index (κ2) is 21.2. The Balaban J connectivity index is 0.00000672. The third-order valence-corrected chi connectivity index (χ3v) is 22.1. The topological polar surface area (TPSA) is 33.5 Å². The maximum atomic E-state index is 6.99. The normalized spacial score (nSPS) is 13.6. The van der Waals surface area contributed by atoms with Crippen molar-refractivity contribution in [2.75, 3.05) is 9.80 Å². The summed E-state index contributed by atoms with van der Waals surface area (Å²) < 4.78 is 9.29. The number of hydrogen-bond acceptors (Lipinski definition) is 4. The van der Waals surface area contributed by atoms with Crippen LogP contribution in [-0.2, 0) is 37.3 Å². The minimum atomic E-state index is -2.79. The third-order valence-electron chi connectivity index (χ3n) is 17.3. The standard InChI is InChI=1S/C78H67N4OSi.Pt/c1-76(2,3)54-43-44-79-72(48-54)82-68-41-42-71-74(65-33-19-22-38-70(65)84(71,60-29-15-11-16-30-60)61-31-17-12-18-32-61)73(68)64-40-39-59(50-69(64)82)83-58-28-23-27-57(49-58)80-51-81(67-37-21-20-36-66(67)80)75-62(52-25-13-10-14-26-52)34-24-35-63(75)53-45-55(77(4,5)6)47-56(46-53)78(7,8)9;/h10-48,51H,1-9H3;/q-3;. The molecule has 0 bridgehead atoms. The van der Waals surface area contributed by atoms with Crippen LogP contribution in [0.25, 0.3) is 61.0 Å². The fourth-order valence-electron chi connectivity index (χ4n) is 13.0.